The quantitative estimate of drug-likeness (QED) is 0.842. The van der Waals surface area contributed by atoms with Crippen LogP contribution >= 0.6 is 0 Å². The van der Waals surface area contributed by atoms with Crippen molar-refractivity contribution in [1.29, 1.82) is 0 Å². The Morgan fingerprint density at radius 2 is 1.31 bits per heavy atom. The van der Waals surface area contributed by atoms with E-state index >= 15 is 0 Å². The molecule has 8 heteroatoms. The summed E-state index contributed by atoms with van der Waals surface area (Å²) < 4.78 is 53.3. The average molecular weight is 397 g/mol. The van der Waals surface area contributed by atoms with E-state index in [0.717, 1.165) is 9.87 Å². The second-order valence-electron chi connectivity index (χ2n) is 7.16. The van der Waals surface area contributed by atoms with E-state index in [0.29, 0.717) is 5.69 Å². The molecule has 0 aliphatic heterocycles. The molecule has 2 aromatic rings. The Hall–Kier alpha value is -1.90. The van der Waals surface area contributed by atoms with Gasteiger partial charge in [-0.1, -0.05) is 39.0 Å². The second-order valence-corrected chi connectivity index (χ2v) is 11.0. The summed E-state index contributed by atoms with van der Waals surface area (Å²) in [5.74, 6) is 0. The highest BCUT2D eigenvalue weighted by atomic mass is 32.2. The van der Waals surface area contributed by atoms with E-state index in [9.17, 15) is 16.8 Å². The molecule has 0 fully saturated rings. The van der Waals surface area contributed by atoms with Gasteiger partial charge in [0.05, 0.1) is 15.5 Å². The van der Waals surface area contributed by atoms with Crippen molar-refractivity contribution in [2.24, 2.45) is 0 Å². The van der Waals surface area contributed by atoms with Crippen LogP contribution in [0.5, 0.6) is 0 Å². The monoisotopic (exact) mass is 396 g/mol. The minimum Gasteiger partial charge on any atom is -0.279 e. The number of hydrogen-bond donors (Lipinski definition) is 1. The van der Waals surface area contributed by atoms with Crippen LogP contribution in [0.4, 0.5) is 5.69 Å². The molecule has 0 spiro atoms. The molecule has 0 bridgehead atoms. The molecule has 0 amide bonds. The van der Waals surface area contributed by atoms with Crippen molar-refractivity contribution in [1.82, 2.24) is 4.31 Å². The smallest absolute Gasteiger partial charge is 0.261 e. The Bertz CT molecular complexity index is 988. The van der Waals surface area contributed by atoms with Crippen LogP contribution in [0.15, 0.2) is 58.3 Å². The van der Waals surface area contributed by atoms with Gasteiger partial charge < -0.3 is 0 Å². The van der Waals surface area contributed by atoms with Gasteiger partial charge in [0.2, 0.25) is 10.0 Å². The molecule has 142 valence electrons. The third-order valence-corrected chi connectivity index (χ3v) is 7.10. The van der Waals surface area contributed by atoms with Crippen LogP contribution in [0.3, 0.4) is 0 Å². The van der Waals surface area contributed by atoms with Gasteiger partial charge in [0.15, 0.2) is 0 Å². The van der Waals surface area contributed by atoms with Crippen LogP contribution in [-0.2, 0) is 25.5 Å². The molecular formula is C18H24N2O4S2. The number of nitrogens with one attached hydrogen (secondary N) is 1. The van der Waals surface area contributed by atoms with Crippen LogP contribution in [-0.4, -0.2) is 35.2 Å². The fraction of sp³-hybridized carbons (Fsp3) is 0.333. The Labute approximate surface area is 156 Å². The molecule has 2 rings (SSSR count). The highest BCUT2D eigenvalue weighted by molar-refractivity contribution is 7.92. The van der Waals surface area contributed by atoms with Crippen molar-refractivity contribution in [3.05, 3.63) is 54.1 Å². The first-order valence-corrected chi connectivity index (χ1v) is 10.9. The van der Waals surface area contributed by atoms with Crippen LogP contribution in [0.1, 0.15) is 26.3 Å². The summed E-state index contributed by atoms with van der Waals surface area (Å²) in [6, 6.07) is 12.4. The largest absolute Gasteiger partial charge is 0.279 e. The molecule has 0 radical (unpaired) electrons. The van der Waals surface area contributed by atoms with E-state index < -0.39 is 20.0 Å². The molecule has 1 N–H and O–H groups in total. The van der Waals surface area contributed by atoms with E-state index in [1.165, 1.54) is 38.4 Å². The lowest BCUT2D eigenvalue weighted by Gasteiger charge is -2.23. The van der Waals surface area contributed by atoms with Crippen LogP contribution in [0, 0.1) is 0 Å². The summed E-state index contributed by atoms with van der Waals surface area (Å²) in [4.78, 5) is 0.0375. The van der Waals surface area contributed by atoms with Crippen molar-refractivity contribution in [2.45, 2.75) is 36.0 Å². The molecule has 0 aliphatic carbocycles. The number of nitrogens with zero attached hydrogens (tertiary/aromatic N) is 1. The molecule has 0 saturated heterocycles. The Kier molecular flexibility index (Phi) is 5.51. The Morgan fingerprint density at radius 3 is 1.81 bits per heavy atom. The van der Waals surface area contributed by atoms with Gasteiger partial charge in [-0.2, -0.15) is 0 Å². The topological polar surface area (TPSA) is 83.6 Å². The molecular weight excluding hydrogens is 372 g/mol. The normalized spacial score (nSPS) is 13.0. The zero-order valence-corrected chi connectivity index (χ0v) is 17.1. The highest BCUT2D eigenvalue weighted by Crippen LogP contribution is 2.30. The predicted molar refractivity (Wildman–Crippen MR) is 103 cm³/mol. The lowest BCUT2D eigenvalue weighted by atomic mass is 9.86. The van der Waals surface area contributed by atoms with Gasteiger partial charge >= 0.3 is 0 Å². The summed E-state index contributed by atoms with van der Waals surface area (Å²) in [5.41, 5.74) is 1.14. The van der Waals surface area contributed by atoms with Gasteiger partial charge in [-0.3, -0.25) is 4.72 Å². The van der Waals surface area contributed by atoms with Crippen LogP contribution < -0.4 is 4.72 Å². The summed E-state index contributed by atoms with van der Waals surface area (Å²) in [6.45, 7) is 6.00. The number of rotatable bonds is 5. The minimum atomic E-state index is -3.84. The second kappa shape index (κ2) is 7.02. The number of hydrogen-bond acceptors (Lipinski definition) is 4. The van der Waals surface area contributed by atoms with Gasteiger partial charge in [-0.15, -0.1) is 0 Å². The summed E-state index contributed by atoms with van der Waals surface area (Å²) in [6.07, 6.45) is 0. The Balaban J connectivity index is 2.39. The van der Waals surface area contributed by atoms with Crippen molar-refractivity contribution in [2.75, 3.05) is 18.8 Å². The first kappa shape index (κ1) is 20.4. The molecule has 2 aromatic carbocycles. The van der Waals surface area contributed by atoms with E-state index in [4.69, 9.17) is 0 Å². The third kappa shape index (κ3) is 4.25. The van der Waals surface area contributed by atoms with Crippen molar-refractivity contribution < 1.29 is 16.8 Å². The Morgan fingerprint density at radius 1 is 0.808 bits per heavy atom. The first-order chi connectivity index (χ1) is 11.9. The van der Waals surface area contributed by atoms with Gasteiger partial charge in [0, 0.05) is 14.1 Å². The fourth-order valence-corrected chi connectivity index (χ4v) is 4.41. The van der Waals surface area contributed by atoms with Crippen LogP contribution in [0.25, 0.3) is 0 Å². The molecule has 0 heterocycles. The molecule has 6 nitrogen and oxygen atoms in total. The summed E-state index contributed by atoms with van der Waals surface area (Å²) >= 11 is 0. The van der Waals surface area contributed by atoms with E-state index in [1.807, 2.05) is 32.9 Å². The minimum absolute atomic E-state index is 0.00100. The van der Waals surface area contributed by atoms with Gasteiger partial charge in [0.1, 0.15) is 0 Å². The maximum absolute atomic E-state index is 12.7. The maximum Gasteiger partial charge on any atom is 0.261 e. The van der Waals surface area contributed by atoms with Gasteiger partial charge in [-0.05, 0) is 41.3 Å². The zero-order chi connectivity index (χ0) is 19.8. The molecule has 26 heavy (non-hydrogen) atoms. The SMILES string of the molecule is CN(C)S(=O)(=O)c1ccc(S(=O)(=O)Nc2ccccc2C(C)(C)C)cc1. The summed E-state index contributed by atoms with van der Waals surface area (Å²) in [5, 5.41) is 0. The van der Waals surface area contributed by atoms with Crippen molar-refractivity contribution in [3.63, 3.8) is 0 Å². The molecule has 0 atom stereocenters. The summed E-state index contributed by atoms with van der Waals surface area (Å²) in [7, 11) is -4.60. The van der Waals surface area contributed by atoms with E-state index in [1.54, 1.807) is 12.1 Å². The molecule has 0 saturated carbocycles. The first-order valence-electron chi connectivity index (χ1n) is 8.00. The molecule has 0 unspecified atom stereocenters. The number of anilines is 1. The van der Waals surface area contributed by atoms with E-state index in [-0.39, 0.29) is 15.2 Å². The lowest BCUT2D eigenvalue weighted by Crippen LogP contribution is -2.22. The fourth-order valence-electron chi connectivity index (χ4n) is 2.43. The average Bonchev–Trinajstić information content (AvgIpc) is 2.54. The predicted octanol–water partition coefficient (Wildman–Crippen LogP) is 3.04. The number of sulfonamides is 2. The van der Waals surface area contributed by atoms with Crippen molar-refractivity contribution >= 4 is 25.7 Å². The molecule has 0 aliphatic rings. The van der Waals surface area contributed by atoms with Crippen molar-refractivity contribution in [3.8, 4) is 0 Å². The third-order valence-electron chi connectivity index (χ3n) is 3.89. The lowest BCUT2D eigenvalue weighted by molar-refractivity contribution is 0.520. The highest BCUT2D eigenvalue weighted by Gasteiger charge is 2.23. The number of benzene rings is 2. The number of para-hydroxylation sites is 1. The van der Waals surface area contributed by atoms with Crippen LogP contribution in [0.2, 0.25) is 0 Å². The van der Waals surface area contributed by atoms with E-state index in [2.05, 4.69) is 4.72 Å². The zero-order valence-electron chi connectivity index (χ0n) is 15.5. The molecule has 0 aromatic heterocycles. The van der Waals surface area contributed by atoms with Gasteiger partial charge in [-0.25, -0.2) is 21.1 Å². The standard InChI is InChI=1S/C18H24N2O4S2/c1-18(2,3)16-8-6-7-9-17(16)19-25(21,22)14-10-12-15(13-11-14)26(23,24)20(4)5/h6-13,19H,1-5H3. The van der Waals surface area contributed by atoms with Gasteiger partial charge in [0.25, 0.3) is 10.0 Å². The maximum atomic E-state index is 12.7.